The summed E-state index contributed by atoms with van der Waals surface area (Å²) in [6, 6.07) is 3.21. The van der Waals surface area contributed by atoms with Gasteiger partial charge in [0.05, 0.1) is 23.4 Å². The van der Waals surface area contributed by atoms with Crippen molar-refractivity contribution in [3.05, 3.63) is 22.7 Å². The zero-order chi connectivity index (χ0) is 14.7. The Kier molecular flexibility index (Phi) is 2.91. The first-order valence-corrected chi connectivity index (χ1v) is 7.16. The van der Waals surface area contributed by atoms with E-state index >= 15 is 0 Å². The van der Waals surface area contributed by atoms with Gasteiger partial charge < -0.3 is 15.4 Å². The van der Waals surface area contributed by atoms with E-state index in [1.165, 1.54) is 7.11 Å². The molecule has 1 heterocycles. The van der Waals surface area contributed by atoms with Gasteiger partial charge >= 0.3 is 0 Å². The van der Waals surface area contributed by atoms with Crippen molar-refractivity contribution >= 4 is 23.2 Å². The van der Waals surface area contributed by atoms with Gasteiger partial charge in [0.1, 0.15) is 5.75 Å². The fourth-order valence-corrected chi connectivity index (χ4v) is 3.54. The van der Waals surface area contributed by atoms with E-state index in [0.717, 1.165) is 13.1 Å². The lowest BCUT2D eigenvalue weighted by Gasteiger charge is -2.23. The number of amides is 1. The number of fused-ring (bicyclic) bond motifs is 1. The highest BCUT2D eigenvalue weighted by molar-refractivity contribution is 6.33. The van der Waals surface area contributed by atoms with Crippen LogP contribution >= 0.6 is 11.6 Å². The second kappa shape index (κ2) is 4.29. The number of nitrogens with two attached hydrogens (primary N) is 1. The van der Waals surface area contributed by atoms with E-state index in [1.54, 1.807) is 12.1 Å². The van der Waals surface area contributed by atoms with Crippen molar-refractivity contribution < 1.29 is 9.53 Å². The number of halogens is 1. The highest BCUT2D eigenvalue weighted by Gasteiger charge is 2.62. The minimum atomic E-state index is -0.0215. The first-order chi connectivity index (χ1) is 9.36. The second-order valence-corrected chi connectivity index (χ2v) is 6.73. The van der Waals surface area contributed by atoms with E-state index in [-0.39, 0.29) is 5.91 Å². The highest BCUT2D eigenvalue weighted by atomic mass is 35.5. The zero-order valence-corrected chi connectivity index (χ0v) is 12.7. The predicted molar refractivity (Wildman–Crippen MR) is 79.1 cm³/mol. The number of hydrogen-bond acceptors (Lipinski definition) is 3. The molecular formula is C15H19ClN2O2. The molecule has 0 aromatic heterocycles. The monoisotopic (exact) mass is 294 g/mol. The number of carbonyl (C=O) groups is 1. The van der Waals surface area contributed by atoms with E-state index in [9.17, 15) is 4.79 Å². The minimum absolute atomic E-state index is 0.0215. The maximum Gasteiger partial charge on any atom is 0.257 e. The summed E-state index contributed by atoms with van der Waals surface area (Å²) < 4.78 is 5.25. The average molecular weight is 295 g/mol. The van der Waals surface area contributed by atoms with Crippen molar-refractivity contribution in [1.29, 1.82) is 0 Å². The molecule has 1 amide bonds. The summed E-state index contributed by atoms with van der Waals surface area (Å²) >= 11 is 6.02. The van der Waals surface area contributed by atoms with E-state index in [1.807, 2.05) is 4.90 Å². The molecule has 1 aromatic rings. The number of methoxy groups -OCH3 is 1. The van der Waals surface area contributed by atoms with Crippen LogP contribution in [0.3, 0.4) is 0 Å². The molecule has 5 heteroatoms. The molecule has 0 bridgehead atoms. The lowest BCUT2D eigenvalue weighted by molar-refractivity contribution is 0.0755. The summed E-state index contributed by atoms with van der Waals surface area (Å²) in [7, 11) is 1.53. The predicted octanol–water partition coefficient (Wildman–Crippen LogP) is 2.66. The molecule has 1 aliphatic carbocycles. The molecule has 2 atom stereocenters. The molecule has 2 N–H and O–H groups in total. The normalized spacial score (nSPS) is 26.3. The number of benzene rings is 1. The van der Waals surface area contributed by atoms with E-state index in [2.05, 4.69) is 13.8 Å². The number of rotatable bonds is 2. The molecule has 1 aliphatic heterocycles. The van der Waals surface area contributed by atoms with Crippen molar-refractivity contribution in [3.8, 4) is 5.75 Å². The van der Waals surface area contributed by atoms with Crippen molar-refractivity contribution in [2.45, 2.75) is 13.8 Å². The average Bonchev–Trinajstić information content (AvgIpc) is 2.82. The first-order valence-electron chi connectivity index (χ1n) is 6.78. The summed E-state index contributed by atoms with van der Waals surface area (Å²) in [5, 5.41) is 0.388. The molecule has 0 spiro atoms. The van der Waals surface area contributed by atoms with Gasteiger partial charge in [-0.05, 0) is 23.3 Å². The minimum Gasteiger partial charge on any atom is -0.496 e. The van der Waals surface area contributed by atoms with Crippen LogP contribution in [0.15, 0.2) is 12.1 Å². The number of ether oxygens (including phenoxy) is 1. The van der Waals surface area contributed by atoms with E-state index in [4.69, 9.17) is 22.1 Å². The van der Waals surface area contributed by atoms with Crippen LogP contribution in [0.2, 0.25) is 5.02 Å². The molecule has 2 aliphatic rings. The molecule has 3 rings (SSSR count). The van der Waals surface area contributed by atoms with E-state index in [0.29, 0.717) is 39.3 Å². The Morgan fingerprint density at radius 3 is 2.55 bits per heavy atom. The smallest absolute Gasteiger partial charge is 0.257 e. The summed E-state index contributed by atoms with van der Waals surface area (Å²) in [5.74, 6) is 1.71. The number of nitrogen functional groups attached to an aromatic ring is 1. The highest BCUT2D eigenvalue weighted by Crippen LogP contribution is 2.62. The van der Waals surface area contributed by atoms with Gasteiger partial charge in [0.15, 0.2) is 0 Å². The van der Waals surface area contributed by atoms with Gasteiger partial charge in [-0.25, -0.2) is 0 Å². The van der Waals surface area contributed by atoms with Crippen LogP contribution < -0.4 is 10.5 Å². The van der Waals surface area contributed by atoms with Gasteiger partial charge in [-0.3, -0.25) is 4.79 Å². The van der Waals surface area contributed by atoms with Gasteiger partial charge in [0, 0.05) is 19.2 Å². The molecule has 1 saturated carbocycles. The van der Waals surface area contributed by atoms with Crippen molar-refractivity contribution in [1.82, 2.24) is 4.90 Å². The van der Waals surface area contributed by atoms with Crippen LogP contribution in [0, 0.1) is 17.3 Å². The summed E-state index contributed by atoms with van der Waals surface area (Å²) in [5.41, 5.74) is 7.05. The molecule has 108 valence electrons. The second-order valence-electron chi connectivity index (χ2n) is 6.32. The molecule has 0 radical (unpaired) electrons. The fraction of sp³-hybridized carbons (Fsp3) is 0.533. The molecule has 20 heavy (non-hydrogen) atoms. The maximum absolute atomic E-state index is 12.6. The third-order valence-electron chi connectivity index (χ3n) is 4.96. The largest absolute Gasteiger partial charge is 0.496 e. The Hall–Kier alpha value is -1.42. The standard InChI is InChI=1S/C15H19ClN2O2/c1-15(2)9-6-18(7-10(9)15)14(19)8-4-11(16)12(17)5-13(8)20-3/h4-5,9-10H,6-7,17H2,1-3H3. The van der Waals surface area contributed by atoms with Crippen molar-refractivity contribution in [2.75, 3.05) is 25.9 Å². The van der Waals surface area contributed by atoms with Crippen LogP contribution in [0.25, 0.3) is 0 Å². The van der Waals surface area contributed by atoms with Crippen molar-refractivity contribution in [2.24, 2.45) is 17.3 Å². The first kappa shape index (κ1) is 13.6. The number of hydrogen-bond donors (Lipinski definition) is 1. The number of nitrogens with zero attached hydrogens (tertiary/aromatic N) is 1. The molecule has 4 nitrogen and oxygen atoms in total. The Labute approximate surface area is 123 Å². The summed E-state index contributed by atoms with van der Waals surface area (Å²) in [4.78, 5) is 14.5. The van der Waals surface area contributed by atoms with Crippen molar-refractivity contribution in [3.63, 3.8) is 0 Å². The maximum atomic E-state index is 12.6. The summed E-state index contributed by atoms with van der Waals surface area (Å²) in [6.45, 7) is 6.18. The lowest BCUT2D eigenvalue weighted by atomic mass is 10.1. The number of likely N-dealkylation sites (tertiary alicyclic amines) is 1. The van der Waals surface area contributed by atoms with E-state index < -0.39 is 0 Å². The third kappa shape index (κ3) is 1.85. The molecule has 2 unspecified atom stereocenters. The van der Waals surface area contributed by atoms with Gasteiger partial charge in [0.25, 0.3) is 5.91 Å². The Morgan fingerprint density at radius 1 is 1.40 bits per heavy atom. The summed E-state index contributed by atoms with van der Waals surface area (Å²) in [6.07, 6.45) is 0. The van der Waals surface area contributed by atoms with Crippen LogP contribution in [0.1, 0.15) is 24.2 Å². The molecular weight excluding hydrogens is 276 g/mol. The van der Waals surface area contributed by atoms with Crippen LogP contribution in [0.5, 0.6) is 5.75 Å². The SMILES string of the molecule is COc1cc(N)c(Cl)cc1C(=O)N1CC2C(C1)C2(C)C. The number of anilines is 1. The third-order valence-corrected chi connectivity index (χ3v) is 5.29. The number of carbonyl (C=O) groups excluding carboxylic acids is 1. The molecule has 1 saturated heterocycles. The topological polar surface area (TPSA) is 55.6 Å². The zero-order valence-electron chi connectivity index (χ0n) is 11.9. The number of piperidine rings is 1. The van der Waals surface area contributed by atoms with Gasteiger partial charge in [0.2, 0.25) is 0 Å². The Bertz CT molecular complexity index is 571. The lowest BCUT2D eigenvalue weighted by Crippen LogP contribution is -2.33. The van der Waals surface area contributed by atoms with Crippen LogP contribution in [-0.4, -0.2) is 31.0 Å². The Morgan fingerprint density at radius 2 is 2.00 bits per heavy atom. The van der Waals surface area contributed by atoms with Crippen LogP contribution in [0.4, 0.5) is 5.69 Å². The van der Waals surface area contributed by atoms with Crippen LogP contribution in [-0.2, 0) is 0 Å². The van der Waals surface area contributed by atoms with Gasteiger partial charge in [-0.1, -0.05) is 25.4 Å². The fourth-order valence-electron chi connectivity index (χ4n) is 3.37. The van der Waals surface area contributed by atoms with Gasteiger partial charge in [-0.15, -0.1) is 0 Å². The molecule has 2 fully saturated rings. The quantitative estimate of drug-likeness (QED) is 0.853. The van der Waals surface area contributed by atoms with Gasteiger partial charge in [-0.2, -0.15) is 0 Å². The Balaban J connectivity index is 1.84. The molecule has 1 aromatic carbocycles.